The van der Waals surface area contributed by atoms with E-state index in [1.165, 1.54) is 35.2 Å². The van der Waals surface area contributed by atoms with Crippen molar-refractivity contribution < 1.29 is 18.0 Å². The second-order valence-corrected chi connectivity index (χ2v) is 13.5. The van der Waals surface area contributed by atoms with Crippen LogP contribution < -0.4 is 9.62 Å². The fourth-order valence-electron chi connectivity index (χ4n) is 4.65. The first kappa shape index (κ1) is 33.3. The first-order chi connectivity index (χ1) is 21.0. The molecule has 4 aromatic carbocycles. The van der Waals surface area contributed by atoms with Gasteiger partial charge in [-0.2, -0.15) is 0 Å². The third-order valence-corrected chi connectivity index (χ3v) is 9.48. The van der Waals surface area contributed by atoms with E-state index in [4.69, 9.17) is 34.8 Å². The Bertz CT molecular complexity index is 1700. The summed E-state index contributed by atoms with van der Waals surface area (Å²) in [6, 6.07) is 27.2. The molecule has 0 aliphatic heterocycles. The molecule has 0 aliphatic carbocycles. The maximum atomic E-state index is 14.5. The lowest BCUT2D eigenvalue weighted by Gasteiger charge is -2.34. The minimum absolute atomic E-state index is 0.0281. The Morgan fingerprint density at radius 2 is 1.41 bits per heavy atom. The summed E-state index contributed by atoms with van der Waals surface area (Å²) in [6.07, 6.45) is 0.180. The van der Waals surface area contributed by atoms with Gasteiger partial charge in [-0.25, -0.2) is 8.42 Å². The van der Waals surface area contributed by atoms with Crippen LogP contribution in [-0.4, -0.2) is 43.8 Å². The van der Waals surface area contributed by atoms with Gasteiger partial charge in [-0.05, 0) is 61.4 Å². The van der Waals surface area contributed by atoms with Crippen molar-refractivity contribution in [2.75, 3.05) is 10.8 Å². The molecule has 11 heteroatoms. The van der Waals surface area contributed by atoms with Crippen LogP contribution in [0.5, 0.6) is 0 Å². The first-order valence-electron chi connectivity index (χ1n) is 13.9. The van der Waals surface area contributed by atoms with Gasteiger partial charge in [-0.3, -0.25) is 13.9 Å². The van der Waals surface area contributed by atoms with Crippen LogP contribution >= 0.6 is 34.8 Å². The van der Waals surface area contributed by atoms with Crippen LogP contribution in [-0.2, 0) is 32.6 Å². The highest BCUT2D eigenvalue weighted by Crippen LogP contribution is 2.33. The molecule has 4 rings (SSSR count). The molecule has 0 aromatic heterocycles. The molecule has 0 aliphatic rings. The van der Waals surface area contributed by atoms with Crippen LogP contribution in [0.1, 0.15) is 25.0 Å². The lowest BCUT2D eigenvalue weighted by molar-refractivity contribution is -0.140. The van der Waals surface area contributed by atoms with E-state index in [1.54, 1.807) is 42.5 Å². The van der Waals surface area contributed by atoms with E-state index in [9.17, 15) is 18.0 Å². The Hall–Kier alpha value is -3.56. The predicted molar refractivity (Wildman–Crippen MR) is 177 cm³/mol. The smallest absolute Gasteiger partial charge is 0.264 e. The number of carbonyl (C=O) groups excluding carboxylic acids is 2. The van der Waals surface area contributed by atoms with Gasteiger partial charge in [0.15, 0.2) is 0 Å². The van der Waals surface area contributed by atoms with Crippen molar-refractivity contribution in [3.8, 4) is 0 Å². The number of sulfonamides is 1. The van der Waals surface area contributed by atoms with Crippen molar-refractivity contribution in [2.24, 2.45) is 0 Å². The van der Waals surface area contributed by atoms with E-state index < -0.39 is 28.5 Å². The average molecular weight is 673 g/mol. The van der Waals surface area contributed by atoms with Gasteiger partial charge in [0.1, 0.15) is 12.6 Å². The SMILES string of the molecule is CC(C)NC(=O)[C@H](Cc1ccccc1)N(Cc1ccccc1Cl)C(=O)CN(c1cc(Cl)ccc1Cl)S(=O)(=O)c1ccccc1. The quantitative estimate of drug-likeness (QED) is 0.176. The third-order valence-electron chi connectivity index (χ3n) is 6.79. The number of amides is 2. The second-order valence-electron chi connectivity index (χ2n) is 10.4. The predicted octanol–water partition coefficient (Wildman–Crippen LogP) is 7.01. The number of rotatable bonds is 12. The zero-order chi connectivity index (χ0) is 31.9. The summed E-state index contributed by atoms with van der Waals surface area (Å²) >= 11 is 19.3. The number of hydrogen-bond acceptors (Lipinski definition) is 4. The molecule has 0 saturated heterocycles. The van der Waals surface area contributed by atoms with Crippen LogP contribution in [0.15, 0.2) is 108 Å². The number of benzene rings is 4. The molecule has 1 atom stereocenters. The average Bonchev–Trinajstić information content (AvgIpc) is 3.00. The van der Waals surface area contributed by atoms with Crippen LogP contribution in [0.25, 0.3) is 0 Å². The Labute approximate surface area is 273 Å². The summed E-state index contributed by atoms with van der Waals surface area (Å²) in [7, 11) is -4.31. The van der Waals surface area contributed by atoms with E-state index in [2.05, 4.69) is 5.32 Å². The van der Waals surface area contributed by atoms with Crippen LogP contribution in [0.2, 0.25) is 15.1 Å². The van der Waals surface area contributed by atoms with Crippen molar-refractivity contribution in [1.29, 1.82) is 0 Å². The van der Waals surface area contributed by atoms with Crippen LogP contribution in [0.3, 0.4) is 0 Å². The minimum atomic E-state index is -4.31. The van der Waals surface area contributed by atoms with E-state index in [0.29, 0.717) is 10.6 Å². The summed E-state index contributed by atoms with van der Waals surface area (Å²) in [6.45, 7) is 2.94. The van der Waals surface area contributed by atoms with Gasteiger partial charge in [-0.1, -0.05) is 102 Å². The molecule has 0 saturated carbocycles. The molecule has 0 spiro atoms. The van der Waals surface area contributed by atoms with Crippen molar-refractivity contribution in [2.45, 2.75) is 43.8 Å². The fourth-order valence-corrected chi connectivity index (χ4v) is 6.73. The maximum absolute atomic E-state index is 14.5. The number of nitrogens with one attached hydrogen (secondary N) is 1. The topological polar surface area (TPSA) is 86.8 Å². The number of halogens is 3. The highest BCUT2D eigenvalue weighted by molar-refractivity contribution is 7.92. The van der Waals surface area contributed by atoms with Crippen molar-refractivity contribution >= 4 is 62.3 Å². The molecule has 4 aromatic rings. The highest BCUT2D eigenvalue weighted by atomic mass is 35.5. The molecular weight excluding hydrogens is 641 g/mol. The molecule has 44 heavy (non-hydrogen) atoms. The van der Waals surface area contributed by atoms with E-state index in [0.717, 1.165) is 9.87 Å². The van der Waals surface area contributed by atoms with Gasteiger partial charge in [0.25, 0.3) is 10.0 Å². The maximum Gasteiger partial charge on any atom is 0.264 e. The number of carbonyl (C=O) groups is 2. The van der Waals surface area contributed by atoms with E-state index in [1.807, 2.05) is 44.2 Å². The minimum Gasteiger partial charge on any atom is -0.352 e. The molecule has 230 valence electrons. The molecule has 0 heterocycles. The van der Waals surface area contributed by atoms with Gasteiger partial charge in [0.05, 0.1) is 15.6 Å². The summed E-state index contributed by atoms with van der Waals surface area (Å²) in [4.78, 5) is 29.5. The van der Waals surface area contributed by atoms with Gasteiger partial charge >= 0.3 is 0 Å². The number of hydrogen-bond donors (Lipinski definition) is 1. The molecule has 0 fully saturated rings. The molecule has 0 radical (unpaired) electrons. The molecular formula is C33H32Cl3N3O4S. The Morgan fingerprint density at radius 3 is 2.05 bits per heavy atom. The Morgan fingerprint density at radius 1 is 0.795 bits per heavy atom. The van der Waals surface area contributed by atoms with Gasteiger partial charge in [0, 0.05) is 29.1 Å². The van der Waals surface area contributed by atoms with Crippen molar-refractivity contribution in [1.82, 2.24) is 10.2 Å². The Balaban J connectivity index is 1.84. The largest absolute Gasteiger partial charge is 0.352 e. The van der Waals surface area contributed by atoms with Crippen LogP contribution in [0, 0.1) is 0 Å². The summed E-state index contributed by atoms with van der Waals surface area (Å²) < 4.78 is 29.0. The third kappa shape index (κ3) is 8.33. The van der Waals surface area contributed by atoms with Gasteiger partial charge in [-0.15, -0.1) is 0 Å². The standard InChI is InChI=1S/C33H32Cl3N3O4S/c1-23(2)37-33(41)31(19-24-11-5-3-6-12-24)38(21-25-13-9-10-16-28(25)35)32(40)22-39(30-20-26(34)17-18-29(30)36)44(42,43)27-14-7-4-8-15-27/h3-18,20,23,31H,19,21-22H2,1-2H3,(H,37,41)/t31-/m0/s1. The number of anilines is 1. The van der Waals surface area contributed by atoms with Crippen LogP contribution in [0.4, 0.5) is 5.69 Å². The fraction of sp³-hybridized carbons (Fsp3) is 0.212. The molecule has 1 N–H and O–H groups in total. The lowest BCUT2D eigenvalue weighted by atomic mass is 10.0. The lowest BCUT2D eigenvalue weighted by Crippen LogP contribution is -2.54. The molecule has 7 nitrogen and oxygen atoms in total. The van der Waals surface area contributed by atoms with Gasteiger partial charge in [0.2, 0.25) is 11.8 Å². The number of nitrogens with zero attached hydrogens (tertiary/aromatic N) is 2. The zero-order valence-electron chi connectivity index (χ0n) is 24.2. The van der Waals surface area contributed by atoms with E-state index in [-0.39, 0.29) is 45.5 Å². The molecule has 0 unspecified atom stereocenters. The summed E-state index contributed by atoms with van der Waals surface area (Å²) in [5.74, 6) is -1.03. The first-order valence-corrected chi connectivity index (χ1v) is 16.4. The van der Waals surface area contributed by atoms with Gasteiger partial charge < -0.3 is 10.2 Å². The van der Waals surface area contributed by atoms with E-state index >= 15 is 0 Å². The monoisotopic (exact) mass is 671 g/mol. The highest BCUT2D eigenvalue weighted by Gasteiger charge is 2.35. The van der Waals surface area contributed by atoms with Crippen molar-refractivity contribution in [3.63, 3.8) is 0 Å². The normalized spacial score (nSPS) is 12.0. The Kier molecular flexibility index (Phi) is 11.3. The summed E-state index contributed by atoms with van der Waals surface area (Å²) in [5, 5.41) is 3.64. The second kappa shape index (κ2) is 14.9. The molecule has 2 amide bonds. The zero-order valence-corrected chi connectivity index (χ0v) is 27.2. The van der Waals surface area contributed by atoms with Crippen molar-refractivity contribution in [3.05, 3.63) is 129 Å². The molecule has 0 bridgehead atoms. The summed E-state index contributed by atoms with van der Waals surface area (Å²) in [5.41, 5.74) is 1.44.